The molecule has 6 rings (SSSR count). The molecule has 41 heavy (non-hydrogen) atoms. The number of hydrogen-bond donors (Lipinski definition) is 4. The molecular formula is C32H31FN6O2. The zero-order valence-corrected chi connectivity index (χ0v) is 22.6. The van der Waals surface area contributed by atoms with Crippen molar-refractivity contribution < 1.29 is 14.3 Å². The van der Waals surface area contributed by atoms with Gasteiger partial charge in [0, 0.05) is 47.0 Å². The third-order valence-electron chi connectivity index (χ3n) is 7.59. The summed E-state index contributed by atoms with van der Waals surface area (Å²) in [6.07, 6.45) is 1.85. The van der Waals surface area contributed by atoms with Gasteiger partial charge in [-0.3, -0.25) is 4.79 Å². The van der Waals surface area contributed by atoms with E-state index in [4.69, 9.17) is 5.73 Å². The summed E-state index contributed by atoms with van der Waals surface area (Å²) in [5, 5.41) is 23.5. The van der Waals surface area contributed by atoms with E-state index in [9.17, 15) is 14.3 Å². The van der Waals surface area contributed by atoms with Crippen molar-refractivity contribution >= 4 is 22.6 Å². The summed E-state index contributed by atoms with van der Waals surface area (Å²) in [5.74, 6) is -0.203. The van der Waals surface area contributed by atoms with Crippen LogP contribution in [0.4, 0.5) is 10.2 Å². The highest BCUT2D eigenvalue weighted by Crippen LogP contribution is 2.32. The van der Waals surface area contributed by atoms with Crippen LogP contribution in [0.15, 0.2) is 78.9 Å². The molecule has 0 spiro atoms. The molecule has 0 aliphatic carbocycles. The highest BCUT2D eigenvalue weighted by Gasteiger charge is 2.24. The topological polar surface area (TPSA) is 120 Å². The molecule has 0 bridgehead atoms. The molecule has 1 saturated heterocycles. The van der Waals surface area contributed by atoms with Gasteiger partial charge in [-0.05, 0) is 91.4 Å². The first kappa shape index (κ1) is 26.5. The summed E-state index contributed by atoms with van der Waals surface area (Å²) in [6, 6.07) is 22.0. The Balaban J connectivity index is 1.30. The lowest BCUT2D eigenvalue weighted by atomic mass is 10.00. The Morgan fingerprint density at radius 1 is 1.05 bits per heavy atom. The maximum absolute atomic E-state index is 14.3. The first-order valence-corrected chi connectivity index (χ1v) is 13.7. The van der Waals surface area contributed by atoms with E-state index in [1.165, 1.54) is 18.2 Å². The summed E-state index contributed by atoms with van der Waals surface area (Å²) in [4.78, 5) is 19.2. The van der Waals surface area contributed by atoms with Gasteiger partial charge in [-0.25, -0.2) is 4.39 Å². The minimum atomic E-state index is -0.828. The van der Waals surface area contributed by atoms with Crippen molar-refractivity contribution in [3.63, 3.8) is 0 Å². The van der Waals surface area contributed by atoms with Crippen LogP contribution in [0.1, 0.15) is 46.1 Å². The SMILES string of the molecule is Cc1cc(C(=O)N[C@@H](c2cc3ccccc3[nH]2)c2cc(F)ccc2O)cc(-c2ccc(N3CCC(N)CC3)nn2)c1. The van der Waals surface area contributed by atoms with Crippen molar-refractivity contribution in [2.45, 2.75) is 31.8 Å². The minimum Gasteiger partial charge on any atom is -0.508 e. The van der Waals surface area contributed by atoms with E-state index >= 15 is 0 Å². The zero-order valence-electron chi connectivity index (χ0n) is 22.6. The molecule has 2 aromatic heterocycles. The fourth-order valence-corrected chi connectivity index (χ4v) is 5.38. The van der Waals surface area contributed by atoms with E-state index in [2.05, 4.69) is 25.4 Å². The van der Waals surface area contributed by atoms with Crippen molar-refractivity contribution in [1.82, 2.24) is 20.5 Å². The number of phenols is 1. The van der Waals surface area contributed by atoms with Gasteiger partial charge in [-0.1, -0.05) is 18.2 Å². The quantitative estimate of drug-likeness (QED) is 0.230. The number of H-pyrrole nitrogens is 1. The van der Waals surface area contributed by atoms with Gasteiger partial charge >= 0.3 is 0 Å². The Kier molecular flexibility index (Phi) is 7.11. The highest BCUT2D eigenvalue weighted by molar-refractivity contribution is 5.96. The summed E-state index contributed by atoms with van der Waals surface area (Å²) < 4.78 is 14.3. The Hall–Kier alpha value is -4.76. The molecule has 0 saturated carbocycles. The molecule has 0 radical (unpaired) electrons. The van der Waals surface area contributed by atoms with Gasteiger partial charge in [0.1, 0.15) is 11.6 Å². The lowest BCUT2D eigenvalue weighted by molar-refractivity contribution is 0.0942. The number of rotatable bonds is 6. The smallest absolute Gasteiger partial charge is 0.252 e. The number of fused-ring (bicyclic) bond motifs is 1. The number of amides is 1. The maximum atomic E-state index is 14.3. The number of para-hydroxylation sites is 1. The summed E-state index contributed by atoms with van der Waals surface area (Å²) in [7, 11) is 0. The molecule has 1 aliphatic rings. The first-order valence-electron chi connectivity index (χ1n) is 13.7. The van der Waals surface area contributed by atoms with Gasteiger partial charge in [-0.15, -0.1) is 10.2 Å². The van der Waals surface area contributed by atoms with Crippen LogP contribution in [0, 0.1) is 12.7 Å². The number of nitrogens with one attached hydrogen (secondary N) is 2. The van der Waals surface area contributed by atoms with Crippen molar-refractivity contribution in [3.05, 3.63) is 107 Å². The Morgan fingerprint density at radius 3 is 2.61 bits per heavy atom. The fraction of sp³-hybridized carbons (Fsp3) is 0.219. The zero-order chi connectivity index (χ0) is 28.5. The van der Waals surface area contributed by atoms with E-state index in [-0.39, 0.29) is 23.3 Å². The third kappa shape index (κ3) is 5.62. The van der Waals surface area contributed by atoms with Crippen molar-refractivity contribution in [3.8, 4) is 17.0 Å². The predicted molar refractivity (Wildman–Crippen MR) is 157 cm³/mol. The molecule has 5 N–H and O–H groups in total. The molecule has 9 heteroatoms. The molecule has 3 heterocycles. The number of aryl methyl sites for hydroxylation is 1. The van der Waals surface area contributed by atoms with E-state index in [1.54, 1.807) is 12.1 Å². The molecule has 1 fully saturated rings. The Bertz CT molecular complexity index is 1680. The number of nitrogens with zero attached hydrogens (tertiary/aromatic N) is 3. The van der Waals surface area contributed by atoms with Crippen LogP contribution in [-0.2, 0) is 0 Å². The average Bonchev–Trinajstić information content (AvgIpc) is 3.41. The summed E-state index contributed by atoms with van der Waals surface area (Å²) >= 11 is 0. The van der Waals surface area contributed by atoms with Crippen molar-refractivity contribution in [2.75, 3.05) is 18.0 Å². The second kappa shape index (κ2) is 11.0. The Morgan fingerprint density at radius 2 is 1.85 bits per heavy atom. The van der Waals surface area contributed by atoms with Crippen molar-refractivity contribution in [1.29, 1.82) is 0 Å². The van der Waals surface area contributed by atoms with Crippen LogP contribution >= 0.6 is 0 Å². The van der Waals surface area contributed by atoms with Gasteiger partial charge in [0.25, 0.3) is 5.91 Å². The molecular weight excluding hydrogens is 519 g/mol. The monoisotopic (exact) mass is 550 g/mol. The van der Waals surface area contributed by atoms with E-state index < -0.39 is 11.9 Å². The number of anilines is 1. The number of piperidine rings is 1. The van der Waals surface area contributed by atoms with Crippen LogP contribution in [0.25, 0.3) is 22.2 Å². The van der Waals surface area contributed by atoms with Crippen LogP contribution < -0.4 is 16.0 Å². The van der Waals surface area contributed by atoms with Gasteiger partial charge < -0.3 is 26.0 Å². The number of benzene rings is 3. The number of halogens is 1. The molecule has 5 aromatic rings. The number of aromatic amines is 1. The lowest BCUT2D eigenvalue weighted by Gasteiger charge is -2.30. The van der Waals surface area contributed by atoms with Gasteiger partial charge in [0.15, 0.2) is 5.82 Å². The molecule has 0 unspecified atom stereocenters. The molecule has 208 valence electrons. The number of carbonyl (C=O) groups is 1. The van der Waals surface area contributed by atoms with Gasteiger partial charge in [0.05, 0.1) is 11.7 Å². The van der Waals surface area contributed by atoms with Crippen LogP contribution in [0.3, 0.4) is 0 Å². The molecule has 1 amide bonds. The number of hydrogen-bond acceptors (Lipinski definition) is 6. The van der Waals surface area contributed by atoms with E-state index in [0.29, 0.717) is 17.0 Å². The number of aromatic nitrogens is 3. The number of phenolic OH excluding ortho intramolecular Hbond substituents is 1. The predicted octanol–water partition coefficient (Wildman–Crippen LogP) is 5.22. The van der Waals surface area contributed by atoms with E-state index in [1.807, 2.05) is 55.5 Å². The second-order valence-corrected chi connectivity index (χ2v) is 10.6. The van der Waals surface area contributed by atoms with Crippen LogP contribution in [0.5, 0.6) is 5.75 Å². The molecule has 1 aliphatic heterocycles. The lowest BCUT2D eigenvalue weighted by Crippen LogP contribution is -2.40. The maximum Gasteiger partial charge on any atom is 0.252 e. The number of carbonyl (C=O) groups excluding carboxylic acids is 1. The first-order chi connectivity index (χ1) is 19.8. The number of aromatic hydroxyl groups is 1. The second-order valence-electron chi connectivity index (χ2n) is 10.6. The van der Waals surface area contributed by atoms with Gasteiger partial charge in [-0.2, -0.15) is 0 Å². The Labute approximate surface area is 237 Å². The average molecular weight is 551 g/mol. The fourth-order valence-electron chi connectivity index (χ4n) is 5.38. The largest absolute Gasteiger partial charge is 0.508 e. The van der Waals surface area contributed by atoms with Crippen molar-refractivity contribution in [2.24, 2.45) is 5.73 Å². The minimum absolute atomic E-state index is 0.119. The summed E-state index contributed by atoms with van der Waals surface area (Å²) in [6.45, 7) is 3.61. The molecule has 1 atom stereocenters. The van der Waals surface area contributed by atoms with Gasteiger partial charge in [0.2, 0.25) is 0 Å². The van der Waals surface area contributed by atoms with E-state index in [0.717, 1.165) is 53.8 Å². The van der Waals surface area contributed by atoms with Crippen LogP contribution in [0.2, 0.25) is 0 Å². The summed E-state index contributed by atoms with van der Waals surface area (Å²) in [5.41, 5.74) is 10.5. The third-order valence-corrected chi connectivity index (χ3v) is 7.59. The normalized spacial score (nSPS) is 14.8. The number of nitrogens with two attached hydrogens (primary N) is 1. The molecule has 3 aromatic carbocycles. The standard InChI is InChI=1S/C32H31FN6O2/c1-19-14-21(27-7-9-30(38-37-27)39-12-10-24(34)11-13-39)16-22(15-19)32(41)36-31(25-18-23(33)6-8-29(25)40)28-17-20-4-2-3-5-26(20)35-28/h2-9,14-18,24,31,35,40H,10-13,34H2,1H3,(H,36,41)/t31-/m1/s1. The van der Waals surface area contributed by atoms with Crippen LogP contribution in [-0.4, -0.2) is 45.3 Å². The highest BCUT2D eigenvalue weighted by atomic mass is 19.1. The molecule has 8 nitrogen and oxygen atoms in total.